The largest absolute Gasteiger partial charge is 0.356 e. The Hall–Kier alpha value is -2.01. The summed E-state index contributed by atoms with van der Waals surface area (Å²) in [6.45, 7) is 4.99. The van der Waals surface area contributed by atoms with E-state index in [1.54, 1.807) is 0 Å². The molecule has 2 aliphatic heterocycles. The van der Waals surface area contributed by atoms with Gasteiger partial charge in [0.15, 0.2) is 0 Å². The van der Waals surface area contributed by atoms with E-state index in [0.29, 0.717) is 0 Å². The highest BCUT2D eigenvalue weighted by molar-refractivity contribution is 5.86. The van der Waals surface area contributed by atoms with E-state index in [-0.39, 0.29) is 18.1 Å². The van der Waals surface area contributed by atoms with Gasteiger partial charge >= 0.3 is 6.03 Å². The smallest absolute Gasteiger partial charge is 0.318 e. The number of urea groups is 1. The van der Waals surface area contributed by atoms with Gasteiger partial charge in [-0.25, -0.2) is 4.79 Å². The Morgan fingerprint density at radius 2 is 2.12 bits per heavy atom. The number of hydrogen-bond donors (Lipinski definition) is 2. The van der Waals surface area contributed by atoms with Gasteiger partial charge < -0.3 is 20.1 Å². The van der Waals surface area contributed by atoms with E-state index in [0.717, 1.165) is 38.9 Å². The van der Waals surface area contributed by atoms with Crippen LogP contribution < -0.4 is 5.32 Å². The van der Waals surface area contributed by atoms with Gasteiger partial charge in [0.05, 0.1) is 6.04 Å². The van der Waals surface area contributed by atoms with Crippen LogP contribution in [0.25, 0.3) is 10.9 Å². The molecule has 2 aromatic rings. The minimum atomic E-state index is 0.0760. The number of nitrogens with zero attached hydrogens (tertiary/aromatic N) is 2. The number of fused-ring (bicyclic) bond motifs is 3. The monoisotopic (exact) mass is 326 g/mol. The minimum Gasteiger partial charge on any atom is -0.356 e. The van der Waals surface area contributed by atoms with Crippen LogP contribution in [-0.4, -0.2) is 53.5 Å². The summed E-state index contributed by atoms with van der Waals surface area (Å²) < 4.78 is 0. The van der Waals surface area contributed by atoms with Crippen LogP contribution in [0.3, 0.4) is 0 Å². The maximum atomic E-state index is 12.8. The number of benzene rings is 1. The highest BCUT2D eigenvalue weighted by atomic mass is 16.2. The summed E-state index contributed by atoms with van der Waals surface area (Å²) in [4.78, 5) is 20.6. The normalized spacial score (nSPS) is 24.8. The SMILES string of the molecule is C[C@H]1c2[nH]c3ccccc3c2CCN1C(=O)N[C@H]1CCCN(C)C1. The van der Waals surface area contributed by atoms with Gasteiger partial charge in [-0.05, 0) is 51.4 Å². The van der Waals surface area contributed by atoms with Crippen LogP contribution in [-0.2, 0) is 6.42 Å². The Morgan fingerprint density at radius 3 is 2.96 bits per heavy atom. The molecule has 1 fully saturated rings. The molecule has 0 aliphatic carbocycles. The van der Waals surface area contributed by atoms with E-state index in [2.05, 4.69) is 53.4 Å². The van der Waals surface area contributed by atoms with Gasteiger partial charge in [0, 0.05) is 35.7 Å². The Bertz CT molecular complexity index is 753. The van der Waals surface area contributed by atoms with Crippen LogP contribution in [0.4, 0.5) is 4.79 Å². The third-order valence-electron chi connectivity index (χ3n) is 5.55. The quantitative estimate of drug-likeness (QED) is 0.846. The minimum absolute atomic E-state index is 0.0760. The average molecular weight is 326 g/mol. The zero-order valence-corrected chi connectivity index (χ0v) is 14.5. The number of likely N-dealkylation sites (tertiary alicyclic amines) is 1. The maximum Gasteiger partial charge on any atom is 0.318 e. The van der Waals surface area contributed by atoms with Crippen LogP contribution in [0.5, 0.6) is 0 Å². The molecule has 1 aromatic heterocycles. The van der Waals surface area contributed by atoms with E-state index in [1.165, 1.54) is 22.2 Å². The van der Waals surface area contributed by atoms with Crippen molar-refractivity contribution in [2.75, 3.05) is 26.7 Å². The molecule has 5 heteroatoms. The van der Waals surface area contributed by atoms with Crippen LogP contribution >= 0.6 is 0 Å². The number of H-pyrrole nitrogens is 1. The first-order valence-corrected chi connectivity index (χ1v) is 8.98. The molecule has 128 valence electrons. The number of aromatic nitrogens is 1. The summed E-state index contributed by atoms with van der Waals surface area (Å²) in [5, 5.41) is 4.54. The number of likely N-dealkylation sites (N-methyl/N-ethyl adjacent to an activating group) is 1. The summed E-state index contributed by atoms with van der Waals surface area (Å²) in [7, 11) is 2.12. The molecule has 4 rings (SSSR count). The standard InChI is InChI=1S/C19H26N4O/c1-13-18-16(15-7-3-4-8-17(15)21-18)9-11-23(13)19(24)20-14-6-5-10-22(2)12-14/h3-4,7-8,13-14,21H,5-6,9-12H2,1-2H3,(H,20,24)/t13-,14-/m0/s1. The molecule has 0 saturated carbocycles. The average Bonchev–Trinajstić information content (AvgIpc) is 2.95. The van der Waals surface area contributed by atoms with Gasteiger partial charge in [-0.15, -0.1) is 0 Å². The topological polar surface area (TPSA) is 51.4 Å². The van der Waals surface area contributed by atoms with Gasteiger partial charge in [-0.3, -0.25) is 0 Å². The zero-order chi connectivity index (χ0) is 16.7. The number of nitrogens with one attached hydrogen (secondary N) is 2. The second kappa shape index (κ2) is 6.13. The highest BCUT2D eigenvalue weighted by Gasteiger charge is 2.31. The first-order valence-electron chi connectivity index (χ1n) is 8.98. The number of rotatable bonds is 1. The molecular weight excluding hydrogens is 300 g/mol. The first kappa shape index (κ1) is 15.5. The molecule has 0 unspecified atom stereocenters. The van der Waals surface area contributed by atoms with Gasteiger partial charge in [0.1, 0.15) is 0 Å². The van der Waals surface area contributed by atoms with Gasteiger partial charge in [-0.2, -0.15) is 0 Å². The summed E-state index contributed by atoms with van der Waals surface area (Å²) in [6.07, 6.45) is 3.15. The van der Waals surface area contributed by atoms with Crippen molar-refractivity contribution in [1.82, 2.24) is 20.1 Å². The lowest BCUT2D eigenvalue weighted by Crippen LogP contribution is -2.52. The van der Waals surface area contributed by atoms with Crippen LogP contribution in [0, 0.1) is 0 Å². The molecule has 1 aromatic carbocycles. The first-order chi connectivity index (χ1) is 11.6. The van der Waals surface area contributed by atoms with Crippen LogP contribution in [0.2, 0.25) is 0 Å². The van der Waals surface area contributed by atoms with E-state index < -0.39 is 0 Å². The molecule has 3 heterocycles. The molecule has 2 amide bonds. The molecule has 5 nitrogen and oxygen atoms in total. The Morgan fingerprint density at radius 1 is 1.29 bits per heavy atom. The van der Waals surface area contributed by atoms with Crippen molar-refractivity contribution in [3.05, 3.63) is 35.5 Å². The fourth-order valence-electron chi connectivity index (χ4n) is 4.25. The number of carbonyl (C=O) groups is 1. The zero-order valence-electron chi connectivity index (χ0n) is 14.5. The number of hydrogen-bond acceptors (Lipinski definition) is 2. The van der Waals surface area contributed by atoms with E-state index in [9.17, 15) is 4.79 Å². The number of piperidine rings is 1. The van der Waals surface area contributed by atoms with E-state index >= 15 is 0 Å². The van der Waals surface area contributed by atoms with Gasteiger partial charge in [-0.1, -0.05) is 18.2 Å². The van der Waals surface area contributed by atoms with Crippen molar-refractivity contribution in [3.8, 4) is 0 Å². The fraction of sp³-hybridized carbons (Fsp3) is 0.526. The van der Waals surface area contributed by atoms with E-state index in [4.69, 9.17) is 0 Å². The second-order valence-corrected chi connectivity index (χ2v) is 7.23. The number of aromatic amines is 1. The lowest BCUT2D eigenvalue weighted by atomic mass is 9.98. The lowest BCUT2D eigenvalue weighted by Gasteiger charge is -2.36. The summed E-state index contributed by atoms with van der Waals surface area (Å²) >= 11 is 0. The molecule has 0 spiro atoms. The lowest BCUT2D eigenvalue weighted by molar-refractivity contribution is 0.159. The predicted molar refractivity (Wildman–Crippen MR) is 96.2 cm³/mol. The Balaban J connectivity index is 1.52. The molecule has 24 heavy (non-hydrogen) atoms. The fourth-order valence-corrected chi connectivity index (χ4v) is 4.25. The summed E-state index contributed by atoms with van der Waals surface area (Å²) in [5.74, 6) is 0. The Labute approximate surface area is 143 Å². The molecule has 0 radical (unpaired) electrons. The molecule has 0 bridgehead atoms. The van der Waals surface area contributed by atoms with Crippen molar-refractivity contribution >= 4 is 16.9 Å². The molecule has 2 atom stereocenters. The van der Waals surface area contributed by atoms with Crippen molar-refractivity contribution in [2.45, 2.75) is 38.3 Å². The summed E-state index contributed by atoms with van der Waals surface area (Å²) in [5.41, 5.74) is 3.74. The number of para-hydroxylation sites is 1. The van der Waals surface area contributed by atoms with Crippen molar-refractivity contribution < 1.29 is 4.79 Å². The molecule has 2 aliphatic rings. The number of amides is 2. The third kappa shape index (κ3) is 2.67. The maximum absolute atomic E-state index is 12.8. The van der Waals surface area contributed by atoms with Crippen molar-refractivity contribution in [1.29, 1.82) is 0 Å². The van der Waals surface area contributed by atoms with Crippen LogP contribution in [0.15, 0.2) is 24.3 Å². The molecule has 1 saturated heterocycles. The van der Waals surface area contributed by atoms with E-state index in [1.807, 2.05) is 4.90 Å². The van der Waals surface area contributed by atoms with Crippen molar-refractivity contribution in [2.24, 2.45) is 0 Å². The van der Waals surface area contributed by atoms with Crippen molar-refractivity contribution in [3.63, 3.8) is 0 Å². The highest BCUT2D eigenvalue weighted by Crippen LogP contribution is 2.34. The summed E-state index contributed by atoms with van der Waals surface area (Å²) in [6, 6.07) is 8.86. The number of carbonyl (C=O) groups excluding carboxylic acids is 1. The molecule has 2 N–H and O–H groups in total. The Kier molecular flexibility index (Phi) is 3.96. The third-order valence-corrected chi connectivity index (χ3v) is 5.55. The van der Waals surface area contributed by atoms with Gasteiger partial charge in [0.25, 0.3) is 0 Å². The van der Waals surface area contributed by atoms with Gasteiger partial charge in [0.2, 0.25) is 0 Å². The molecular formula is C19H26N4O. The van der Waals surface area contributed by atoms with Crippen LogP contribution in [0.1, 0.15) is 37.1 Å². The second-order valence-electron chi connectivity index (χ2n) is 7.23. The predicted octanol–water partition coefficient (Wildman–Crippen LogP) is 2.89.